The molecule has 2 heterocycles. The van der Waals surface area contributed by atoms with Crippen LogP contribution < -0.4 is 9.80 Å². The van der Waals surface area contributed by atoms with Crippen LogP contribution in [0.5, 0.6) is 0 Å². The fourth-order valence-electron chi connectivity index (χ4n) is 4.39. The maximum atomic E-state index is 2.64. The summed E-state index contributed by atoms with van der Waals surface area (Å²) in [5.74, 6) is 0. The molecule has 2 unspecified atom stereocenters. The van der Waals surface area contributed by atoms with Gasteiger partial charge in [0.1, 0.15) is 0 Å². The Labute approximate surface area is 139 Å². The molecule has 0 N–H and O–H groups in total. The van der Waals surface area contributed by atoms with Crippen molar-refractivity contribution in [2.75, 3.05) is 22.9 Å². The fourth-order valence-corrected chi connectivity index (χ4v) is 4.39. The van der Waals surface area contributed by atoms with Crippen LogP contribution in [0.15, 0.2) is 60.7 Å². The zero-order valence-electron chi connectivity index (χ0n) is 13.8. The van der Waals surface area contributed by atoms with Crippen LogP contribution >= 0.6 is 0 Å². The summed E-state index contributed by atoms with van der Waals surface area (Å²) in [6.45, 7) is 2.43. The van der Waals surface area contributed by atoms with Crippen molar-refractivity contribution in [3.05, 3.63) is 60.7 Å². The van der Waals surface area contributed by atoms with Crippen molar-refractivity contribution in [2.24, 2.45) is 0 Å². The van der Waals surface area contributed by atoms with E-state index in [1.165, 1.54) is 56.6 Å². The summed E-state index contributed by atoms with van der Waals surface area (Å²) in [6.07, 6.45) is 6.64. The van der Waals surface area contributed by atoms with Gasteiger partial charge in [-0.25, -0.2) is 0 Å². The zero-order chi connectivity index (χ0) is 15.5. The molecule has 2 aliphatic rings. The molecule has 0 radical (unpaired) electrons. The van der Waals surface area contributed by atoms with Gasteiger partial charge >= 0.3 is 0 Å². The quantitative estimate of drug-likeness (QED) is 0.807. The van der Waals surface area contributed by atoms with Crippen LogP contribution in [-0.4, -0.2) is 25.2 Å². The summed E-state index contributed by atoms with van der Waals surface area (Å²) >= 11 is 0. The van der Waals surface area contributed by atoms with Crippen molar-refractivity contribution in [1.82, 2.24) is 0 Å². The second-order valence-corrected chi connectivity index (χ2v) is 6.89. The molecule has 0 aromatic heterocycles. The maximum Gasteiger partial charge on any atom is 0.0368 e. The molecule has 23 heavy (non-hydrogen) atoms. The van der Waals surface area contributed by atoms with E-state index in [1.54, 1.807) is 0 Å². The Morgan fingerprint density at radius 2 is 1.09 bits per heavy atom. The van der Waals surface area contributed by atoms with E-state index in [1.807, 2.05) is 0 Å². The second-order valence-electron chi connectivity index (χ2n) is 6.89. The van der Waals surface area contributed by atoms with Crippen LogP contribution in [0.25, 0.3) is 0 Å². The van der Waals surface area contributed by atoms with E-state index in [9.17, 15) is 0 Å². The highest BCUT2D eigenvalue weighted by Crippen LogP contribution is 2.33. The molecule has 4 rings (SSSR count). The first-order chi connectivity index (χ1) is 11.4. The number of para-hydroxylation sites is 2. The zero-order valence-corrected chi connectivity index (χ0v) is 13.8. The molecule has 0 spiro atoms. The van der Waals surface area contributed by atoms with Crippen LogP contribution in [-0.2, 0) is 0 Å². The first-order valence-electron chi connectivity index (χ1n) is 9.05. The molecule has 0 bridgehead atoms. The number of hydrogen-bond donors (Lipinski definition) is 0. The lowest BCUT2D eigenvalue weighted by Gasteiger charge is -2.33. The summed E-state index contributed by atoms with van der Waals surface area (Å²) in [5.41, 5.74) is 2.80. The van der Waals surface area contributed by atoms with Gasteiger partial charge in [-0.1, -0.05) is 36.4 Å². The van der Waals surface area contributed by atoms with Gasteiger partial charge in [-0.15, -0.1) is 0 Å². The van der Waals surface area contributed by atoms with Crippen molar-refractivity contribution in [1.29, 1.82) is 0 Å². The number of hydrogen-bond acceptors (Lipinski definition) is 2. The van der Waals surface area contributed by atoms with Crippen LogP contribution in [0.2, 0.25) is 0 Å². The molecule has 0 amide bonds. The van der Waals surface area contributed by atoms with Gasteiger partial charge in [-0.2, -0.15) is 0 Å². The Morgan fingerprint density at radius 1 is 0.652 bits per heavy atom. The van der Waals surface area contributed by atoms with Crippen LogP contribution in [0.4, 0.5) is 11.4 Å². The molecule has 0 aliphatic carbocycles. The third-order valence-electron chi connectivity index (χ3n) is 5.47. The molecule has 2 aromatic carbocycles. The molecule has 2 aliphatic heterocycles. The van der Waals surface area contributed by atoms with Gasteiger partial charge < -0.3 is 9.80 Å². The monoisotopic (exact) mass is 306 g/mol. The Balaban J connectivity index is 1.48. The highest BCUT2D eigenvalue weighted by molar-refractivity contribution is 5.50. The topological polar surface area (TPSA) is 6.48 Å². The van der Waals surface area contributed by atoms with Crippen LogP contribution in [0.3, 0.4) is 0 Å². The van der Waals surface area contributed by atoms with Crippen molar-refractivity contribution < 1.29 is 0 Å². The first kappa shape index (κ1) is 14.6. The van der Waals surface area contributed by atoms with Gasteiger partial charge in [0.2, 0.25) is 0 Å². The SMILES string of the molecule is c1ccc(N2CCCC2CC2CCCN2c2ccccc2)cc1. The lowest BCUT2D eigenvalue weighted by Crippen LogP contribution is -2.37. The normalized spacial score (nSPS) is 24.3. The molecule has 2 fully saturated rings. The van der Waals surface area contributed by atoms with Crippen LogP contribution in [0.1, 0.15) is 32.1 Å². The van der Waals surface area contributed by atoms with Gasteiger partial charge in [0, 0.05) is 36.5 Å². The van der Waals surface area contributed by atoms with E-state index in [0.717, 1.165) is 0 Å². The van der Waals surface area contributed by atoms with E-state index >= 15 is 0 Å². The highest BCUT2D eigenvalue weighted by atomic mass is 15.2. The lowest BCUT2D eigenvalue weighted by atomic mass is 10.0. The third kappa shape index (κ3) is 3.08. The molecule has 2 atom stereocenters. The standard InChI is InChI=1S/C21H26N2/c1-3-9-18(10-4-1)22-15-7-13-20(22)17-21-14-8-16-23(21)19-11-5-2-6-12-19/h1-6,9-12,20-21H,7-8,13-17H2. The van der Waals surface area contributed by atoms with Gasteiger partial charge in [0.15, 0.2) is 0 Å². The molecule has 2 nitrogen and oxygen atoms in total. The van der Waals surface area contributed by atoms with E-state index < -0.39 is 0 Å². The lowest BCUT2D eigenvalue weighted by molar-refractivity contribution is 0.518. The molecular formula is C21H26N2. The van der Waals surface area contributed by atoms with Gasteiger partial charge in [0.25, 0.3) is 0 Å². The molecule has 2 heteroatoms. The predicted octanol–water partition coefficient (Wildman–Crippen LogP) is 4.71. The molecule has 2 aromatic rings. The molecule has 120 valence electrons. The smallest absolute Gasteiger partial charge is 0.0368 e. The Bertz CT molecular complexity index is 555. The van der Waals surface area contributed by atoms with Gasteiger partial charge in [-0.3, -0.25) is 0 Å². The number of benzene rings is 2. The Morgan fingerprint density at radius 3 is 1.52 bits per heavy atom. The average Bonchev–Trinajstić information content (AvgIpc) is 3.26. The van der Waals surface area contributed by atoms with Gasteiger partial charge in [-0.05, 0) is 56.4 Å². The summed E-state index contributed by atoms with van der Waals surface area (Å²) in [6, 6.07) is 23.3. The van der Waals surface area contributed by atoms with Gasteiger partial charge in [0.05, 0.1) is 0 Å². The second kappa shape index (κ2) is 6.66. The minimum atomic E-state index is 0.701. The summed E-state index contributed by atoms with van der Waals surface area (Å²) in [4.78, 5) is 5.28. The Hall–Kier alpha value is -1.96. The predicted molar refractivity (Wildman–Crippen MR) is 98.2 cm³/mol. The number of anilines is 2. The van der Waals surface area contributed by atoms with E-state index in [2.05, 4.69) is 70.5 Å². The maximum absolute atomic E-state index is 2.64. The molecular weight excluding hydrogens is 280 g/mol. The van der Waals surface area contributed by atoms with Crippen molar-refractivity contribution in [3.8, 4) is 0 Å². The van der Waals surface area contributed by atoms with Crippen LogP contribution in [0, 0.1) is 0 Å². The van der Waals surface area contributed by atoms with E-state index in [4.69, 9.17) is 0 Å². The third-order valence-corrected chi connectivity index (χ3v) is 5.47. The fraction of sp³-hybridized carbons (Fsp3) is 0.429. The van der Waals surface area contributed by atoms with E-state index in [-0.39, 0.29) is 0 Å². The highest BCUT2D eigenvalue weighted by Gasteiger charge is 2.32. The summed E-state index contributed by atoms with van der Waals surface area (Å²) in [7, 11) is 0. The largest absolute Gasteiger partial charge is 0.368 e. The molecule has 0 saturated carbocycles. The minimum absolute atomic E-state index is 0.701. The minimum Gasteiger partial charge on any atom is -0.368 e. The van der Waals surface area contributed by atoms with Crippen molar-refractivity contribution in [2.45, 2.75) is 44.2 Å². The number of rotatable bonds is 4. The molecule has 2 saturated heterocycles. The average molecular weight is 306 g/mol. The van der Waals surface area contributed by atoms with E-state index in [0.29, 0.717) is 12.1 Å². The first-order valence-corrected chi connectivity index (χ1v) is 9.05. The summed E-state index contributed by atoms with van der Waals surface area (Å²) < 4.78 is 0. The van der Waals surface area contributed by atoms with Crippen molar-refractivity contribution in [3.63, 3.8) is 0 Å². The Kier molecular flexibility index (Phi) is 4.23. The number of nitrogens with zero attached hydrogens (tertiary/aromatic N) is 2. The summed E-state index contributed by atoms with van der Waals surface area (Å²) in [5, 5.41) is 0. The van der Waals surface area contributed by atoms with Crippen molar-refractivity contribution >= 4 is 11.4 Å².